The Balaban J connectivity index is 1.85. The average Bonchev–Trinajstić information content (AvgIpc) is 2.45. The Morgan fingerprint density at radius 1 is 1.38 bits per heavy atom. The normalized spacial score (nSPS) is 20.4. The fraction of sp³-hybridized carbons (Fsp3) is 0.571. The van der Waals surface area contributed by atoms with Crippen LogP contribution in [0, 0.1) is 0 Å². The molecule has 1 aliphatic heterocycles. The second kappa shape index (κ2) is 7.45. The highest BCUT2D eigenvalue weighted by molar-refractivity contribution is 7.90. The zero-order chi connectivity index (χ0) is 15.3. The Bertz CT molecular complexity index is 546. The van der Waals surface area contributed by atoms with Crippen LogP contribution in [0.25, 0.3) is 0 Å². The van der Waals surface area contributed by atoms with E-state index in [9.17, 15) is 8.42 Å². The van der Waals surface area contributed by atoms with Gasteiger partial charge < -0.3 is 10.1 Å². The maximum absolute atomic E-state index is 11.4. The summed E-state index contributed by atoms with van der Waals surface area (Å²) in [5.74, 6) is 1.32. The summed E-state index contributed by atoms with van der Waals surface area (Å²) in [6.07, 6.45) is 1.19. The number of hydrogen-bond acceptors (Lipinski definition) is 5. The van der Waals surface area contributed by atoms with Crippen LogP contribution in [0.3, 0.4) is 0 Å². The van der Waals surface area contributed by atoms with E-state index in [-0.39, 0.29) is 6.04 Å². The molecule has 0 bridgehead atoms. The first-order valence-corrected chi connectivity index (χ1v) is 9.36. The van der Waals surface area contributed by atoms with Gasteiger partial charge in [-0.1, -0.05) is 0 Å². The first-order chi connectivity index (χ1) is 9.99. The first kappa shape index (κ1) is 16.5. The molecular weight excluding hydrogens is 312 g/mol. The van der Waals surface area contributed by atoms with Gasteiger partial charge in [0.25, 0.3) is 0 Å². The molecule has 1 saturated heterocycles. The Kier molecular flexibility index (Phi) is 5.87. The summed E-state index contributed by atoms with van der Waals surface area (Å²) in [4.78, 5) is 2.61. The third kappa shape index (κ3) is 5.14. The van der Waals surface area contributed by atoms with E-state index in [1.54, 1.807) is 24.3 Å². The number of hydrogen-bond donors (Lipinski definition) is 1. The fourth-order valence-corrected chi connectivity index (χ4v) is 3.18. The van der Waals surface area contributed by atoms with Crippen molar-refractivity contribution in [1.82, 2.24) is 10.2 Å². The zero-order valence-electron chi connectivity index (χ0n) is 12.1. The zero-order valence-corrected chi connectivity index (χ0v) is 13.7. The van der Waals surface area contributed by atoms with Crippen molar-refractivity contribution >= 4 is 21.4 Å². The molecule has 2 rings (SSSR count). The van der Waals surface area contributed by atoms with Crippen LogP contribution in [-0.2, 0) is 9.84 Å². The van der Waals surface area contributed by atoms with E-state index < -0.39 is 9.84 Å². The molecule has 5 nitrogen and oxygen atoms in total. The molecule has 1 aromatic carbocycles. The number of nitrogens with one attached hydrogen (secondary N) is 1. The van der Waals surface area contributed by atoms with Gasteiger partial charge in [-0.15, -0.1) is 11.6 Å². The summed E-state index contributed by atoms with van der Waals surface area (Å²) < 4.78 is 28.5. The topological polar surface area (TPSA) is 58.6 Å². The minimum absolute atomic E-state index is 0.261. The summed E-state index contributed by atoms with van der Waals surface area (Å²) in [6, 6.07) is 6.78. The molecular formula is C14H21ClN2O3S. The minimum atomic E-state index is -3.16. The lowest BCUT2D eigenvalue weighted by atomic mass is 10.2. The predicted octanol–water partition coefficient (Wildman–Crippen LogP) is 0.982. The van der Waals surface area contributed by atoms with E-state index in [1.165, 1.54) is 6.26 Å². The van der Waals surface area contributed by atoms with E-state index in [0.29, 0.717) is 23.1 Å². The molecule has 1 fully saturated rings. The Morgan fingerprint density at radius 2 is 2.10 bits per heavy atom. The van der Waals surface area contributed by atoms with Crippen molar-refractivity contribution in [2.24, 2.45) is 0 Å². The molecule has 0 radical (unpaired) electrons. The van der Waals surface area contributed by atoms with Crippen LogP contribution in [0.1, 0.15) is 0 Å². The molecule has 0 saturated carbocycles. The fourth-order valence-electron chi connectivity index (χ4n) is 2.31. The summed E-state index contributed by atoms with van der Waals surface area (Å²) in [7, 11) is -3.16. The average molecular weight is 333 g/mol. The predicted molar refractivity (Wildman–Crippen MR) is 84.0 cm³/mol. The van der Waals surface area contributed by atoms with Gasteiger partial charge in [0.15, 0.2) is 9.84 Å². The van der Waals surface area contributed by atoms with Gasteiger partial charge >= 0.3 is 0 Å². The molecule has 0 unspecified atom stereocenters. The van der Waals surface area contributed by atoms with E-state index in [2.05, 4.69) is 10.2 Å². The Hall–Kier alpha value is -0.820. The van der Waals surface area contributed by atoms with Crippen LogP contribution in [0.15, 0.2) is 29.2 Å². The number of nitrogens with zero attached hydrogens (tertiary/aromatic N) is 1. The van der Waals surface area contributed by atoms with Crippen molar-refractivity contribution in [3.63, 3.8) is 0 Å². The number of halogens is 1. The van der Waals surface area contributed by atoms with Crippen molar-refractivity contribution in [3.05, 3.63) is 24.3 Å². The third-order valence-corrected chi connectivity index (χ3v) is 4.74. The van der Waals surface area contributed by atoms with E-state index in [1.807, 2.05) is 0 Å². The monoisotopic (exact) mass is 332 g/mol. The van der Waals surface area contributed by atoms with Crippen molar-refractivity contribution in [3.8, 4) is 5.75 Å². The van der Waals surface area contributed by atoms with Crippen LogP contribution in [0.5, 0.6) is 5.75 Å². The smallest absolute Gasteiger partial charge is 0.175 e. The molecule has 0 aliphatic carbocycles. The van der Waals surface area contributed by atoms with Gasteiger partial charge in [0.1, 0.15) is 12.4 Å². The first-order valence-electron chi connectivity index (χ1n) is 6.93. The molecule has 0 amide bonds. The lowest BCUT2D eigenvalue weighted by Crippen LogP contribution is -2.53. The van der Waals surface area contributed by atoms with Crippen LogP contribution in [-0.4, -0.2) is 64.3 Å². The summed E-state index contributed by atoms with van der Waals surface area (Å²) >= 11 is 5.76. The molecule has 0 spiro atoms. The molecule has 1 aliphatic rings. The van der Waals surface area contributed by atoms with Gasteiger partial charge in [-0.05, 0) is 24.3 Å². The molecule has 1 atom stereocenters. The van der Waals surface area contributed by atoms with Crippen LogP contribution < -0.4 is 10.1 Å². The van der Waals surface area contributed by atoms with Gasteiger partial charge in [0.2, 0.25) is 0 Å². The lowest BCUT2D eigenvalue weighted by molar-refractivity contribution is 0.164. The van der Waals surface area contributed by atoms with Crippen molar-refractivity contribution in [2.75, 3.05) is 44.9 Å². The molecule has 1 N–H and O–H groups in total. The van der Waals surface area contributed by atoms with Crippen LogP contribution >= 0.6 is 11.6 Å². The Labute approximate surface area is 131 Å². The van der Waals surface area contributed by atoms with Gasteiger partial charge in [-0.3, -0.25) is 4.90 Å². The second-order valence-electron chi connectivity index (χ2n) is 5.20. The second-order valence-corrected chi connectivity index (χ2v) is 7.59. The molecule has 1 heterocycles. The van der Waals surface area contributed by atoms with Crippen LogP contribution in [0.2, 0.25) is 0 Å². The van der Waals surface area contributed by atoms with Crippen molar-refractivity contribution < 1.29 is 13.2 Å². The van der Waals surface area contributed by atoms with E-state index in [0.717, 1.165) is 26.2 Å². The number of ether oxygens (including phenoxy) is 1. The van der Waals surface area contributed by atoms with Gasteiger partial charge in [-0.2, -0.15) is 0 Å². The standard InChI is InChI=1S/C14H21ClN2O3S/c1-21(18,19)14-4-2-13(3-5-14)20-11-12-10-17(8-6-15)9-7-16-12/h2-5,12,16H,6-11H2,1H3/t12-/m0/s1. The quantitative estimate of drug-likeness (QED) is 0.787. The summed E-state index contributed by atoms with van der Waals surface area (Å²) in [5, 5.41) is 3.41. The molecule has 7 heteroatoms. The maximum atomic E-state index is 11.4. The molecule has 21 heavy (non-hydrogen) atoms. The highest BCUT2D eigenvalue weighted by Crippen LogP contribution is 2.16. The maximum Gasteiger partial charge on any atom is 0.175 e. The SMILES string of the molecule is CS(=O)(=O)c1ccc(OC[C@@H]2CN(CCCl)CCN2)cc1. The molecule has 118 valence electrons. The lowest BCUT2D eigenvalue weighted by Gasteiger charge is -2.33. The van der Waals surface area contributed by atoms with Gasteiger partial charge in [-0.25, -0.2) is 8.42 Å². The highest BCUT2D eigenvalue weighted by Gasteiger charge is 2.19. The van der Waals surface area contributed by atoms with Gasteiger partial charge in [0.05, 0.1) is 10.9 Å². The number of benzene rings is 1. The number of piperazine rings is 1. The number of rotatable bonds is 6. The summed E-state index contributed by atoms with van der Waals surface area (Å²) in [6.45, 7) is 4.29. The highest BCUT2D eigenvalue weighted by atomic mass is 35.5. The number of alkyl halides is 1. The molecule has 0 aromatic heterocycles. The Morgan fingerprint density at radius 3 is 2.71 bits per heavy atom. The minimum Gasteiger partial charge on any atom is -0.492 e. The summed E-state index contributed by atoms with van der Waals surface area (Å²) in [5.41, 5.74) is 0. The van der Waals surface area contributed by atoms with E-state index >= 15 is 0 Å². The van der Waals surface area contributed by atoms with Crippen molar-refractivity contribution in [1.29, 1.82) is 0 Å². The van der Waals surface area contributed by atoms with Gasteiger partial charge in [0, 0.05) is 38.3 Å². The van der Waals surface area contributed by atoms with Crippen molar-refractivity contribution in [2.45, 2.75) is 10.9 Å². The molecule has 1 aromatic rings. The number of sulfone groups is 1. The third-order valence-electron chi connectivity index (χ3n) is 3.44. The largest absolute Gasteiger partial charge is 0.492 e. The van der Waals surface area contributed by atoms with E-state index in [4.69, 9.17) is 16.3 Å². The van der Waals surface area contributed by atoms with Crippen LogP contribution in [0.4, 0.5) is 0 Å².